The molecule has 0 spiro atoms. The summed E-state index contributed by atoms with van der Waals surface area (Å²) in [7, 11) is -3.68. The second-order valence-electron chi connectivity index (χ2n) is 5.09. The van der Waals surface area contributed by atoms with E-state index >= 15 is 0 Å². The first-order valence-electron chi connectivity index (χ1n) is 6.56. The van der Waals surface area contributed by atoms with Crippen molar-refractivity contribution >= 4 is 10.0 Å². The van der Waals surface area contributed by atoms with Crippen LogP contribution in [0.15, 0.2) is 23.2 Å². The van der Waals surface area contributed by atoms with Crippen LogP contribution in [0.25, 0.3) is 0 Å². The van der Waals surface area contributed by atoms with Gasteiger partial charge in [0.2, 0.25) is 10.0 Å². The molecule has 1 aromatic heterocycles. The molecule has 0 aliphatic carbocycles. The van der Waals surface area contributed by atoms with E-state index in [-0.39, 0.29) is 16.5 Å². The molecule has 20 heavy (non-hydrogen) atoms. The maximum absolute atomic E-state index is 12.6. The van der Waals surface area contributed by atoms with Crippen LogP contribution in [-0.4, -0.2) is 37.3 Å². The highest BCUT2D eigenvalue weighted by Crippen LogP contribution is 2.27. The Balaban J connectivity index is 2.34. The molecule has 1 aliphatic heterocycles. The Hall–Kier alpha value is -1.49. The number of nitrogens with two attached hydrogens (primary N) is 1. The lowest BCUT2D eigenvalue weighted by Crippen LogP contribution is -2.45. The van der Waals surface area contributed by atoms with E-state index in [9.17, 15) is 8.42 Å². The number of sulfonamides is 1. The first-order chi connectivity index (χ1) is 9.50. The van der Waals surface area contributed by atoms with Gasteiger partial charge in [0, 0.05) is 19.3 Å². The van der Waals surface area contributed by atoms with E-state index in [1.807, 2.05) is 6.07 Å². The monoisotopic (exact) mass is 294 g/mol. The summed E-state index contributed by atoms with van der Waals surface area (Å²) in [5, 5.41) is 9.00. The molecule has 1 aliphatic rings. The fraction of sp³-hybridized carbons (Fsp3) is 0.538. The molecular weight excluding hydrogens is 276 g/mol. The Kier molecular flexibility index (Phi) is 4.38. The fourth-order valence-electron chi connectivity index (χ4n) is 2.46. The molecule has 6 nitrogen and oxygen atoms in total. The third kappa shape index (κ3) is 2.68. The number of hydrogen-bond acceptors (Lipinski definition) is 5. The van der Waals surface area contributed by atoms with Crippen LogP contribution in [0.4, 0.5) is 0 Å². The zero-order valence-electron chi connectivity index (χ0n) is 11.4. The third-order valence-electron chi connectivity index (χ3n) is 3.87. The minimum Gasteiger partial charge on any atom is -0.330 e. The van der Waals surface area contributed by atoms with Gasteiger partial charge in [-0.05, 0) is 36.9 Å². The van der Waals surface area contributed by atoms with Crippen molar-refractivity contribution in [3.63, 3.8) is 0 Å². The van der Waals surface area contributed by atoms with Crippen molar-refractivity contribution in [1.29, 1.82) is 5.26 Å². The minimum atomic E-state index is -3.68. The van der Waals surface area contributed by atoms with Gasteiger partial charge in [-0.15, -0.1) is 0 Å². The molecule has 0 aromatic carbocycles. The summed E-state index contributed by atoms with van der Waals surface area (Å²) in [5.41, 5.74) is 5.65. The topological polar surface area (TPSA) is 100 Å². The lowest BCUT2D eigenvalue weighted by Gasteiger charge is -2.35. The molecule has 1 saturated heterocycles. The van der Waals surface area contributed by atoms with E-state index < -0.39 is 10.0 Å². The molecule has 2 heterocycles. The summed E-state index contributed by atoms with van der Waals surface area (Å²) in [6, 6.07) is 4.79. The average molecular weight is 294 g/mol. The predicted molar refractivity (Wildman–Crippen MR) is 74.0 cm³/mol. The Morgan fingerprint density at radius 1 is 1.60 bits per heavy atom. The second kappa shape index (κ2) is 5.87. The largest absolute Gasteiger partial charge is 0.330 e. The molecule has 2 N–H and O–H groups in total. The van der Waals surface area contributed by atoms with Gasteiger partial charge in [0.25, 0.3) is 0 Å². The van der Waals surface area contributed by atoms with Crippen LogP contribution in [0.5, 0.6) is 0 Å². The average Bonchev–Trinajstić information content (AvgIpc) is 2.47. The highest BCUT2D eigenvalue weighted by molar-refractivity contribution is 7.89. The molecule has 7 heteroatoms. The number of nitrogens with zero attached hydrogens (tertiary/aromatic N) is 3. The van der Waals surface area contributed by atoms with Gasteiger partial charge >= 0.3 is 0 Å². The maximum atomic E-state index is 12.6. The quantitative estimate of drug-likeness (QED) is 0.878. The van der Waals surface area contributed by atoms with Gasteiger partial charge in [0.15, 0.2) is 5.69 Å². The predicted octanol–water partition coefficient (Wildman–Crippen LogP) is 0.559. The molecule has 2 unspecified atom stereocenters. The highest BCUT2D eigenvalue weighted by Gasteiger charge is 2.34. The van der Waals surface area contributed by atoms with Gasteiger partial charge in [0.05, 0.1) is 0 Å². The van der Waals surface area contributed by atoms with Crippen molar-refractivity contribution in [3.8, 4) is 6.07 Å². The van der Waals surface area contributed by atoms with Gasteiger partial charge in [0.1, 0.15) is 11.0 Å². The van der Waals surface area contributed by atoms with Crippen molar-refractivity contribution in [2.45, 2.75) is 18.2 Å². The standard InChI is InChI=1S/C13H18N4O2S/c1-10-4-6-17(9-11(10)7-14)20(18,19)13-3-2-5-16-12(13)8-15/h2-3,5,10-11H,4,6-7,9,14H2,1H3. The van der Waals surface area contributed by atoms with Gasteiger partial charge in [-0.3, -0.25) is 0 Å². The summed E-state index contributed by atoms with van der Waals surface area (Å²) in [6.07, 6.45) is 2.20. The summed E-state index contributed by atoms with van der Waals surface area (Å²) < 4.78 is 26.7. The van der Waals surface area contributed by atoms with Crippen LogP contribution in [0.1, 0.15) is 19.0 Å². The third-order valence-corrected chi connectivity index (χ3v) is 5.77. The summed E-state index contributed by atoms with van der Waals surface area (Å²) in [4.78, 5) is 3.80. The minimum absolute atomic E-state index is 0.0205. The number of rotatable bonds is 3. The number of nitriles is 1. The second-order valence-corrected chi connectivity index (χ2v) is 6.99. The first kappa shape index (κ1) is 14.9. The van der Waals surface area contributed by atoms with E-state index in [4.69, 9.17) is 11.0 Å². The Labute approximate surface area is 119 Å². The van der Waals surface area contributed by atoms with Gasteiger partial charge in [-0.1, -0.05) is 6.92 Å². The van der Waals surface area contributed by atoms with E-state index in [1.165, 1.54) is 22.6 Å². The van der Waals surface area contributed by atoms with E-state index in [1.54, 1.807) is 0 Å². The zero-order valence-corrected chi connectivity index (χ0v) is 12.2. The summed E-state index contributed by atoms with van der Waals surface area (Å²) in [5.74, 6) is 0.566. The lowest BCUT2D eigenvalue weighted by atomic mass is 9.88. The Morgan fingerprint density at radius 3 is 3.00 bits per heavy atom. The van der Waals surface area contributed by atoms with E-state index in [2.05, 4.69) is 11.9 Å². The van der Waals surface area contributed by atoms with Crippen LogP contribution in [0.2, 0.25) is 0 Å². The highest BCUT2D eigenvalue weighted by atomic mass is 32.2. The summed E-state index contributed by atoms with van der Waals surface area (Å²) in [6.45, 7) is 3.41. The zero-order chi connectivity index (χ0) is 14.8. The SMILES string of the molecule is CC1CCN(S(=O)(=O)c2cccnc2C#N)CC1CN. The van der Waals surface area contributed by atoms with Gasteiger partial charge in [-0.25, -0.2) is 13.4 Å². The van der Waals surface area contributed by atoms with Crippen LogP contribution in [0, 0.1) is 23.2 Å². The Bertz CT molecular complexity index is 624. The van der Waals surface area contributed by atoms with Gasteiger partial charge < -0.3 is 5.73 Å². The maximum Gasteiger partial charge on any atom is 0.245 e. The molecule has 2 atom stereocenters. The number of piperidine rings is 1. The molecule has 1 fully saturated rings. The summed E-state index contributed by atoms with van der Waals surface area (Å²) >= 11 is 0. The smallest absolute Gasteiger partial charge is 0.245 e. The molecule has 0 radical (unpaired) electrons. The fourth-order valence-corrected chi connectivity index (χ4v) is 4.07. The van der Waals surface area contributed by atoms with Crippen molar-refractivity contribution < 1.29 is 8.42 Å². The molecular formula is C13H18N4O2S. The molecule has 108 valence electrons. The number of hydrogen-bond donors (Lipinski definition) is 1. The van der Waals surface area contributed by atoms with Crippen LogP contribution in [-0.2, 0) is 10.0 Å². The Morgan fingerprint density at radius 2 is 2.35 bits per heavy atom. The van der Waals surface area contributed by atoms with E-state index in [0.29, 0.717) is 25.6 Å². The molecule has 2 rings (SSSR count). The normalized spacial score (nSPS) is 24.2. The van der Waals surface area contributed by atoms with Crippen molar-refractivity contribution in [3.05, 3.63) is 24.0 Å². The van der Waals surface area contributed by atoms with Crippen molar-refractivity contribution in [2.24, 2.45) is 17.6 Å². The van der Waals surface area contributed by atoms with Crippen LogP contribution < -0.4 is 5.73 Å². The van der Waals surface area contributed by atoms with Gasteiger partial charge in [-0.2, -0.15) is 9.57 Å². The number of pyridine rings is 1. The van der Waals surface area contributed by atoms with Crippen molar-refractivity contribution in [2.75, 3.05) is 19.6 Å². The van der Waals surface area contributed by atoms with Crippen LogP contribution >= 0.6 is 0 Å². The first-order valence-corrected chi connectivity index (χ1v) is 8.00. The molecule has 0 amide bonds. The molecule has 1 aromatic rings. The van der Waals surface area contributed by atoms with E-state index in [0.717, 1.165) is 6.42 Å². The van der Waals surface area contributed by atoms with Crippen molar-refractivity contribution in [1.82, 2.24) is 9.29 Å². The number of aromatic nitrogens is 1. The molecule has 0 saturated carbocycles. The lowest BCUT2D eigenvalue weighted by molar-refractivity contribution is 0.203. The van der Waals surface area contributed by atoms with Crippen LogP contribution in [0.3, 0.4) is 0 Å². The molecule has 0 bridgehead atoms.